The molecule has 170 valence electrons. The van der Waals surface area contributed by atoms with Gasteiger partial charge in [0.1, 0.15) is 5.82 Å². The number of nitroso groups, excluding NO2 is 1. The number of carbonyl (C=O) groups excluding carboxylic acids is 1. The number of aromatic nitrogens is 1. The quantitative estimate of drug-likeness (QED) is 0.634. The van der Waals surface area contributed by atoms with E-state index in [0.29, 0.717) is 55.7 Å². The zero-order valence-corrected chi connectivity index (χ0v) is 18.9. The van der Waals surface area contributed by atoms with E-state index < -0.39 is 0 Å². The number of fused-ring (bicyclic) bond motifs is 1. The van der Waals surface area contributed by atoms with Crippen LogP contribution in [0.5, 0.6) is 0 Å². The van der Waals surface area contributed by atoms with Crippen molar-refractivity contribution in [3.63, 3.8) is 0 Å². The van der Waals surface area contributed by atoms with Gasteiger partial charge in [-0.05, 0) is 36.4 Å². The second kappa shape index (κ2) is 9.33. The maximum absolute atomic E-state index is 13.5. The first-order valence-corrected chi connectivity index (χ1v) is 11.5. The van der Waals surface area contributed by atoms with Crippen LogP contribution in [0, 0.1) is 4.91 Å². The molecule has 0 saturated carbocycles. The third kappa shape index (κ3) is 4.49. The van der Waals surface area contributed by atoms with E-state index in [1.165, 1.54) is 0 Å². The molecule has 3 heterocycles. The molecular weight excluding hydrogens is 442 g/mol. The number of rotatable bonds is 4. The Morgan fingerprint density at radius 3 is 2.45 bits per heavy atom. The molecular formula is C24H25ClN5O3+. The number of carbonyl (C=O) groups is 1. The smallest absolute Gasteiger partial charge is 0.256 e. The van der Waals surface area contributed by atoms with Crippen molar-refractivity contribution in [1.29, 1.82) is 0 Å². The van der Waals surface area contributed by atoms with E-state index in [2.05, 4.69) is 9.80 Å². The van der Waals surface area contributed by atoms with Crippen molar-refractivity contribution < 1.29 is 14.7 Å². The summed E-state index contributed by atoms with van der Waals surface area (Å²) in [5.74, 6) is 0.831. The predicted octanol–water partition coefficient (Wildman–Crippen LogP) is 2.17. The molecule has 1 N–H and O–H groups in total. The van der Waals surface area contributed by atoms with E-state index in [4.69, 9.17) is 21.3 Å². The molecule has 0 radical (unpaired) electrons. The van der Waals surface area contributed by atoms with Crippen molar-refractivity contribution in [3.05, 3.63) is 64.0 Å². The van der Waals surface area contributed by atoms with E-state index >= 15 is 0 Å². The normalized spacial score (nSPS) is 16.8. The van der Waals surface area contributed by atoms with Gasteiger partial charge in [0.25, 0.3) is 11.6 Å². The van der Waals surface area contributed by atoms with Gasteiger partial charge in [-0.2, -0.15) is 0 Å². The van der Waals surface area contributed by atoms with Crippen molar-refractivity contribution in [2.45, 2.75) is 0 Å². The predicted molar refractivity (Wildman–Crippen MR) is 128 cm³/mol. The number of morpholine rings is 1. The number of hydrogen-bond acceptors (Lipinski definition) is 6. The molecule has 33 heavy (non-hydrogen) atoms. The summed E-state index contributed by atoms with van der Waals surface area (Å²) < 4.78 is 5.45. The van der Waals surface area contributed by atoms with Crippen LogP contribution in [0.4, 0.5) is 17.2 Å². The SMILES string of the molecule is O=[NH+]c1ccc(N2CCOCC2)c(C(=O)N2CCN(c3ccc4cc(Cl)ccc4n3)CC2)c1. The van der Waals surface area contributed by atoms with Gasteiger partial charge in [-0.1, -0.05) is 11.6 Å². The third-order valence-corrected chi connectivity index (χ3v) is 6.46. The lowest BCUT2D eigenvalue weighted by Gasteiger charge is -2.36. The van der Waals surface area contributed by atoms with Gasteiger partial charge in [0.05, 0.1) is 30.0 Å². The van der Waals surface area contributed by atoms with Crippen molar-refractivity contribution in [2.75, 3.05) is 62.3 Å². The first-order valence-electron chi connectivity index (χ1n) is 11.1. The molecule has 2 fully saturated rings. The summed E-state index contributed by atoms with van der Waals surface area (Å²) in [5.41, 5.74) is 2.67. The van der Waals surface area contributed by atoms with Gasteiger partial charge in [-0.15, -0.1) is 0 Å². The largest absolute Gasteiger partial charge is 0.378 e. The number of amides is 1. The van der Waals surface area contributed by atoms with Gasteiger partial charge in [0, 0.05) is 71.9 Å². The number of halogens is 1. The lowest BCUT2D eigenvalue weighted by molar-refractivity contribution is -0.379. The Morgan fingerprint density at radius 1 is 0.909 bits per heavy atom. The molecule has 5 rings (SSSR count). The molecule has 0 bridgehead atoms. The number of hydrogen-bond donors (Lipinski definition) is 1. The molecule has 2 saturated heterocycles. The minimum atomic E-state index is -0.0608. The minimum Gasteiger partial charge on any atom is -0.378 e. The number of benzene rings is 2. The fraction of sp³-hybridized carbons (Fsp3) is 0.333. The molecule has 2 aliphatic heterocycles. The summed E-state index contributed by atoms with van der Waals surface area (Å²) in [6.07, 6.45) is 0. The molecule has 1 aromatic heterocycles. The molecule has 9 heteroatoms. The molecule has 0 unspecified atom stereocenters. The van der Waals surface area contributed by atoms with Crippen LogP contribution in [0.3, 0.4) is 0 Å². The van der Waals surface area contributed by atoms with Crippen molar-refractivity contribution in [1.82, 2.24) is 9.88 Å². The summed E-state index contributed by atoms with van der Waals surface area (Å²) in [7, 11) is 0. The monoisotopic (exact) mass is 466 g/mol. The third-order valence-electron chi connectivity index (χ3n) is 6.22. The first kappa shape index (κ1) is 21.6. The second-order valence-corrected chi connectivity index (χ2v) is 8.66. The highest BCUT2D eigenvalue weighted by atomic mass is 35.5. The van der Waals surface area contributed by atoms with Crippen LogP contribution in [-0.4, -0.2) is 68.3 Å². The van der Waals surface area contributed by atoms with E-state index in [9.17, 15) is 9.70 Å². The van der Waals surface area contributed by atoms with E-state index in [-0.39, 0.29) is 5.91 Å². The fourth-order valence-corrected chi connectivity index (χ4v) is 4.60. The number of nitrogens with one attached hydrogen (secondary N) is 1. The van der Waals surface area contributed by atoms with E-state index in [0.717, 1.165) is 35.5 Å². The summed E-state index contributed by atoms with van der Waals surface area (Å²) in [6.45, 7) is 5.22. The molecule has 1 amide bonds. The number of ether oxygens (including phenoxy) is 1. The summed E-state index contributed by atoms with van der Waals surface area (Å²) >= 11 is 6.08. The van der Waals surface area contributed by atoms with Crippen LogP contribution >= 0.6 is 11.6 Å². The summed E-state index contributed by atoms with van der Waals surface area (Å²) in [5, 5.41) is 3.61. The highest BCUT2D eigenvalue weighted by molar-refractivity contribution is 6.31. The number of nitrogens with zero attached hydrogens (tertiary/aromatic N) is 4. The van der Waals surface area contributed by atoms with Crippen molar-refractivity contribution in [3.8, 4) is 0 Å². The Morgan fingerprint density at radius 2 is 1.70 bits per heavy atom. The zero-order valence-electron chi connectivity index (χ0n) is 18.2. The maximum Gasteiger partial charge on any atom is 0.256 e. The van der Waals surface area contributed by atoms with Gasteiger partial charge in [-0.3, -0.25) is 4.79 Å². The standard InChI is InChI=1S/C24H24ClN5O3/c25-18-2-4-21-17(15-18)1-6-23(26-21)29-7-9-30(10-8-29)24(31)20-16-19(27-32)3-5-22(20)28-11-13-33-14-12-28/h1-6,15-16H,7-14H2/p+1. The lowest BCUT2D eigenvalue weighted by atomic mass is 10.1. The van der Waals surface area contributed by atoms with Gasteiger partial charge in [0.2, 0.25) is 0 Å². The Balaban J connectivity index is 1.32. The molecule has 0 spiro atoms. The van der Waals surface area contributed by atoms with Crippen LogP contribution in [0.15, 0.2) is 48.5 Å². The Hall–Kier alpha value is -3.23. The lowest BCUT2D eigenvalue weighted by Crippen LogP contribution is -2.56. The fourth-order valence-electron chi connectivity index (χ4n) is 4.42. The summed E-state index contributed by atoms with van der Waals surface area (Å²) in [4.78, 5) is 35.7. The van der Waals surface area contributed by atoms with Crippen LogP contribution in [0.2, 0.25) is 5.02 Å². The Labute approximate surface area is 196 Å². The van der Waals surface area contributed by atoms with Crippen LogP contribution in [-0.2, 0) is 4.74 Å². The minimum absolute atomic E-state index is 0.0608. The van der Waals surface area contributed by atoms with Gasteiger partial charge in [-0.25, -0.2) is 4.98 Å². The van der Waals surface area contributed by atoms with Crippen molar-refractivity contribution >= 4 is 45.6 Å². The Kier molecular flexibility index (Phi) is 6.11. The molecule has 8 nitrogen and oxygen atoms in total. The topological polar surface area (TPSA) is 80.0 Å². The zero-order chi connectivity index (χ0) is 22.8. The molecule has 3 aromatic rings. The molecule has 2 aromatic carbocycles. The molecule has 0 atom stereocenters. The van der Waals surface area contributed by atoms with Gasteiger partial charge >= 0.3 is 0 Å². The number of pyridine rings is 1. The number of anilines is 2. The number of piperazine rings is 1. The van der Waals surface area contributed by atoms with Gasteiger partial charge in [0.15, 0.2) is 0 Å². The van der Waals surface area contributed by atoms with Crippen LogP contribution < -0.4 is 15.0 Å². The van der Waals surface area contributed by atoms with E-state index in [1.807, 2.05) is 46.5 Å². The maximum atomic E-state index is 13.5. The van der Waals surface area contributed by atoms with E-state index in [1.54, 1.807) is 12.1 Å². The molecule has 0 aliphatic carbocycles. The van der Waals surface area contributed by atoms with Crippen LogP contribution in [0.25, 0.3) is 10.9 Å². The second-order valence-electron chi connectivity index (χ2n) is 8.22. The first-order chi connectivity index (χ1) is 16.1. The highest BCUT2D eigenvalue weighted by Gasteiger charge is 2.27. The van der Waals surface area contributed by atoms with Crippen molar-refractivity contribution in [2.24, 2.45) is 0 Å². The molecule has 2 aliphatic rings. The average Bonchev–Trinajstić information content (AvgIpc) is 2.88. The summed E-state index contributed by atoms with van der Waals surface area (Å²) in [6, 6.07) is 14.9. The van der Waals surface area contributed by atoms with Gasteiger partial charge < -0.3 is 19.4 Å². The Bertz CT molecular complexity index is 1190. The highest BCUT2D eigenvalue weighted by Crippen LogP contribution is 2.27. The van der Waals surface area contributed by atoms with Crippen LogP contribution in [0.1, 0.15) is 10.4 Å². The average molecular weight is 467 g/mol.